The molecular weight excluding hydrogens is 472 g/mol. The van der Waals surface area contributed by atoms with E-state index in [1.165, 1.54) is 6.42 Å². The lowest BCUT2D eigenvalue weighted by atomic mass is 9.83. The van der Waals surface area contributed by atoms with E-state index in [-0.39, 0.29) is 24.8 Å². The van der Waals surface area contributed by atoms with E-state index in [1.807, 2.05) is 26.0 Å². The molecule has 1 saturated carbocycles. The van der Waals surface area contributed by atoms with Crippen LogP contribution in [0, 0.1) is 11.8 Å². The molecule has 0 aromatic carbocycles. The van der Waals surface area contributed by atoms with Gasteiger partial charge in [-0.25, -0.2) is 4.79 Å². The van der Waals surface area contributed by atoms with E-state index in [4.69, 9.17) is 4.74 Å². The van der Waals surface area contributed by atoms with Gasteiger partial charge in [-0.1, -0.05) is 58.4 Å². The van der Waals surface area contributed by atoms with Gasteiger partial charge in [0.2, 0.25) is 11.8 Å². The van der Waals surface area contributed by atoms with Crippen molar-refractivity contribution in [2.75, 3.05) is 0 Å². The molecule has 1 unspecified atom stereocenters. The van der Waals surface area contributed by atoms with Crippen molar-refractivity contribution in [1.82, 2.24) is 20.9 Å². The third-order valence-corrected chi connectivity index (χ3v) is 6.85. The number of alkyl carbamates (subject to hydrolysis) is 1. The average Bonchev–Trinajstić information content (AvgIpc) is 2.85. The summed E-state index contributed by atoms with van der Waals surface area (Å²) in [4.78, 5) is 42.6. The van der Waals surface area contributed by atoms with Crippen LogP contribution >= 0.6 is 0 Å². The Morgan fingerprint density at radius 1 is 1.14 bits per heavy atom. The molecule has 9 nitrogen and oxygen atoms in total. The van der Waals surface area contributed by atoms with Crippen molar-refractivity contribution in [1.29, 1.82) is 0 Å². The van der Waals surface area contributed by atoms with Crippen molar-refractivity contribution in [3.63, 3.8) is 0 Å². The average molecular weight is 519 g/mol. The highest BCUT2D eigenvalue weighted by Gasteiger charge is 2.31. The standard InChI is InChI=1S/C28H46N4O5/c1-6-19(2)25(26(35)30-18-21-14-10-11-15-29-21)32-24(34)17-23(33)22(16-20-12-8-7-9-13-20)31-27(36)37-28(3,4)5/h10-11,14-15,19-20,22-23,25,33H,6-9,12-13,16-18H2,1-5H3,(H,30,35)(H,31,36)(H,32,34)/t19-,22-,23?,25-/m0/s1. The smallest absolute Gasteiger partial charge is 0.407 e. The molecule has 4 atom stereocenters. The number of carbonyl (C=O) groups is 3. The van der Waals surface area contributed by atoms with Gasteiger partial charge in [0, 0.05) is 6.20 Å². The quantitative estimate of drug-likeness (QED) is 0.333. The van der Waals surface area contributed by atoms with Gasteiger partial charge in [0.15, 0.2) is 0 Å². The zero-order valence-electron chi connectivity index (χ0n) is 23.1. The van der Waals surface area contributed by atoms with Gasteiger partial charge >= 0.3 is 6.09 Å². The topological polar surface area (TPSA) is 130 Å². The Morgan fingerprint density at radius 3 is 2.43 bits per heavy atom. The van der Waals surface area contributed by atoms with Gasteiger partial charge in [-0.2, -0.15) is 0 Å². The first-order chi connectivity index (χ1) is 17.5. The highest BCUT2D eigenvalue weighted by molar-refractivity contribution is 5.88. The van der Waals surface area contributed by atoms with Crippen LogP contribution in [0.5, 0.6) is 0 Å². The van der Waals surface area contributed by atoms with E-state index in [0.29, 0.717) is 18.8 Å². The van der Waals surface area contributed by atoms with Crippen LogP contribution in [-0.2, 0) is 20.9 Å². The van der Waals surface area contributed by atoms with E-state index < -0.39 is 35.8 Å². The van der Waals surface area contributed by atoms with Crippen LogP contribution in [0.1, 0.15) is 91.7 Å². The van der Waals surface area contributed by atoms with Crippen molar-refractivity contribution in [2.24, 2.45) is 11.8 Å². The molecule has 0 radical (unpaired) electrons. The maximum absolute atomic E-state index is 13.0. The maximum Gasteiger partial charge on any atom is 0.407 e. The third-order valence-electron chi connectivity index (χ3n) is 6.85. The first kappa shape index (κ1) is 30.5. The Bertz CT molecular complexity index is 852. The summed E-state index contributed by atoms with van der Waals surface area (Å²) >= 11 is 0. The van der Waals surface area contributed by atoms with Crippen LogP contribution in [0.4, 0.5) is 4.79 Å². The lowest BCUT2D eigenvalue weighted by molar-refractivity contribution is -0.131. The predicted molar refractivity (Wildman–Crippen MR) is 142 cm³/mol. The molecule has 2 rings (SSSR count). The summed E-state index contributed by atoms with van der Waals surface area (Å²) in [5, 5.41) is 19.5. The number of rotatable bonds is 12. The van der Waals surface area contributed by atoms with Gasteiger partial charge in [-0.15, -0.1) is 0 Å². The minimum absolute atomic E-state index is 0.109. The fourth-order valence-electron chi connectivity index (χ4n) is 4.61. The zero-order chi connectivity index (χ0) is 27.4. The van der Waals surface area contributed by atoms with Crippen molar-refractivity contribution in [3.05, 3.63) is 30.1 Å². The molecule has 1 heterocycles. The molecule has 0 bridgehead atoms. The second kappa shape index (κ2) is 14.9. The Morgan fingerprint density at radius 2 is 1.84 bits per heavy atom. The summed E-state index contributed by atoms with van der Waals surface area (Å²) in [5.74, 6) is -0.474. The summed E-state index contributed by atoms with van der Waals surface area (Å²) in [6.07, 6.45) is 6.51. The van der Waals surface area contributed by atoms with Gasteiger partial charge < -0.3 is 25.8 Å². The van der Waals surface area contributed by atoms with Crippen LogP contribution < -0.4 is 16.0 Å². The van der Waals surface area contributed by atoms with Crippen LogP contribution in [-0.4, -0.2) is 51.8 Å². The number of pyridine rings is 1. The maximum atomic E-state index is 13.0. The van der Waals surface area contributed by atoms with Crippen molar-refractivity contribution < 1.29 is 24.2 Å². The molecule has 1 aromatic heterocycles. The van der Waals surface area contributed by atoms with Crippen LogP contribution in [0.15, 0.2) is 24.4 Å². The van der Waals surface area contributed by atoms with Crippen LogP contribution in [0.3, 0.4) is 0 Å². The highest BCUT2D eigenvalue weighted by atomic mass is 16.6. The van der Waals surface area contributed by atoms with E-state index in [2.05, 4.69) is 20.9 Å². The molecule has 0 aliphatic heterocycles. The number of hydrogen-bond donors (Lipinski definition) is 4. The number of ether oxygens (including phenoxy) is 1. The van der Waals surface area contributed by atoms with E-state index in [9.17, 15) is 19.5 Å². The summed E-state index contributed by atoms with van der Waals surface area (Å²) in [5.41, 5.74) is 0.0489. The summed E-state index contributed by atoms with van der Waals surface area (Å²) in [6.45, 7) is 9.45. The van der Waals surface area contributed by atoms with Gasteiger partial charge in [-0.05, 0) is 51.2 Å². The first-order valence-corrected chi connectivity index (χ1v) is 13.6. The number of hydrogen-bond acceptors (Lipinski definition) is 6. The van der Waals surface area contributed by atoms with Crippen molar-refractivity contribution in [3.8, 4) is 0 Å². The number of aliphatic hydroxyl groups is 1. The van der Waals surface area contributed by atoms with E-state index in [0.717, 1.165) is 31.4 Å². The lowest BCUT2D eigenvalue weighted by Crippen LogP contribution is -2.52. The summed E-state index contributed by atoms with van der Waals surface area (Å²) in [6, 6.07) is 4.10. The molecule has 1 fully saturated rings. The molecule has 1 aromatic rings. The minimum Gasteiger partial charge on any atom is -0.444 e. The monoisotopic (exact) mass is 518 g/mol. The summed E-state index contributed by atoms with van der Waals surface area (Å²) in [7, 11) is 0. The van der Waals surface area contributed by atoms with Gasteiger partial charge in [-0.3, -0.25) is 14.6 Å². The fraction of sp³-hybridized carbons (Fsp3) is 0.714. The Balaban J connectivity index is 2.01. The zero-order valence-corrected chi connectivity index (χ0v) is 23.1. The normalized spacial score (nSPS) is 17.7. The highest BCUT2D eigenvalue weighted by Crippen LogP contribution is 2.28. The summed E-state index contributed by atoms with van der Waals surface area (Å²) < 4.78 is 5.40. The molecule has 0 saturated heterocycles. The van der Waals surface area contributed by atoms with E-state index in [1.54, 1.807) is 33.0 Å². The van der Waals surface area contributed by atoms with Gasteiger partial charge in [0.05, 0.1) is 30.8 Å². The Hall–Kier alpha value is -2.68. The van der Waals surface area contributed by atoms with Crippen molar-refractivity contribution >= 4 is 17.9 Å². The molecular formula is C28H46N4O5. The number of carbonyl (C=O) groups excluding carboxylic acids is 3. The number of aromatic nitrogens is 1. The van der Waals surface area contributed by atoms with E-state index >= 15 is 0 Å². The minimum atomic E-state index is -1.11. The fourth-order valence-corrected chi connectivity index (χ4v) is 4.61. The molecule has 9 heteroatoms. The largest absolute Gasteiger partial charge is 0.444 e. The SMILES string of the molecule is CC[C@H](C)[C@H](NC(=O)CC(O)[C@H](CC1CCCCC1)NC(=O)OC(C)(C)C)C(=O)NCc1ccccn1. The first-order valence-electron chi connectivity index (χ1n) is 13.6. The molecule has 208 valence electrons. The van der Waals surface area contributed by atoms with Gasteiger partial charge in [0.25, 0.3) is 0 Å². The number of nitrogens with zero attached hydrogens (tertiary/aromatic N) is 1. The number of nitrogens with one attached hydrogen (secondary N) is 3. The molecule has 1 aliphatic rings. The Kier molecular flexibility index (Phi) is 12.3. The second-order valence-corrected chi connectivity index (χ2v) is 11.2. The van der Waals surface area contributed by atoms with Crippen LogP contribution in [0.2, 0.25) is 0 Å². The number of amides is 3. The Labute approximate surface area is 221 Å². The lowest BCUT2D eigenvalue weighted by Gasteiger charge is -2.31. The molecule has 3 amide bonds. The van der Waals surface area contributed by atoms with Gasteiger partial charge in [0.1, 0.15) is 11.6 Å². The molecule has 0 spiro atoms. The molecule has 37 heavy (non-hydrogen) atoms. The van der Waals surface area contributed by atoms with Crippen LogP contribution in [0.25, 0.3) is 0 Å². The third kappa shape index (κ3) is 11.5. The predicted octanol–water partition coefficient (Wildman–Crippen LogP) is 3.84. The second-order valence-electron chi connectivity index (χ2n) is 11.2. The number of aliphatic hydroxyl groups excluding tert-OH is 1. The molecule has 1 aliphatic carbocycles. The molecule has 4 N–H and O–H groups in total. The van der Waals surface area contributed by atoms with Crippen molar-refractivity contribution in [2.45, 2.75) is 116 Å².